The third kappa shape index (κ3) is 10.7. The van der Waals surface area contributed by atoms with Crippen molar-refractivity contribution in [1.82, 2.24) is 30.8 Å². The Hall–Kier alpha value is -6.40. The molecule has 0 aliphatic carbocycles. The Bertz CT molecular complexity index is 2260. The molecule has 2 heterocycles. The molecule has 0 bridgehead atoms. The number of piperidine rings is 1. The Morgan fingerprint density at radius 1 is 0.707 bits per heavy atom. The summed E-state index contributed by atoms with van der Waals surface area (Å²) in [5, 5.41) is 12.5. The number of carbonyl (C=O) groups is 3. The van der Waals surface area contributed by atoms with E-state index in [1.165, 1.54) is 0 Å². The van der Waals surface area contributed by atoms with E-state index in [4.69, 9.17) is 4.74 Å². The summed E-state index contributed by atoms with van der Waals surface area (Å²) >= 11 is 0. The first kappa shape index (κ1) is 39.8. The summed E-state index contributed by atoms with van der Waals surface area (Å²) in [4.78, 5) is 48.6. The van der Waals surface area contributed by atoms with E-state index in [2.05, 4.69) is 78.6 Å². The maximum atomic E-state index is 13.5. The lowest BCUT2D eigenvalue weighted by molar-refractivity contribution is 0.0593. The van der Waals surface area contributed by atoms with Gasteiger partial charge in [-0.15, -0.1) is 0 Å². The van der Waals surface area contributed by atoms with Crippen LogP contribution in [0.2, 0.25) is 0 Å². The molecule has 0 saturated carbocycles. The summed E-state index contributed by atoms with van der Waals surface area (Å²) in [6, 6.07) is 41.6. The fourth-order valence-electron chi connectivity index (χ4n) is 7.26. The van der Waals surface area contributed by atoms with Crippen molar-refractivity contribution in [3.05, 3.63) is 157 Å². The molecule has 7 rings (SSSR count). The minimum absolute atomic E-state index is 0.0751. The molecule has 1 aliphatic heterocycles. The first-order chi connectivity index (χ1) is 28.5. The lowest BCUT2D eigenvalue weighted by atomic mass is 9.88. The molecule has 5 N–H and O–H groups in total. The molecule has 0 radical (unpaired) electrons. The fraction of sp³-hybridized carbons (Fsp3) is 0.234. The standard InChI is InChI=1S/C47H49N7O4/c55-43(36-15-9-16-37(31-36)46(56)52-24-23-48-33-44-50-25-26-51-44)32-49-27-30-54-28-21-38(22-29-54)58-47(57)53-42-20-10-19-40(35-13-5-2-6-14-35)45(42)41-18-8-7-17-39(41)34-11-3-1-4-12-34/h1-20,25-26,31,38,48-49H,21-24,27-30,32-33H2,(H,50,51)(H,52,56)(H,53,57). The predicted molar refractivity (Wildman–Crippen MR) is 229 cm³/mol. The van der Waals surface area contributed by atoms with Gasteiger partial charge in [0.2, 0.25) is 0 Å². The zero-order valence-corrected chi connectivity index (χ0v) is 32.5. The van der Waals surface area contributed by atoms with Crippen molar-refractivity contribution in [3.63, 3.8) is 0 Å². The number of likely N-dealkylation sites (tertiary alicyclic amines) is 1. The van der Waals surface area contributed by atoms with Gasteiger partial charge in [-0.2, -0.15) is 0 Å². The summed E-state index contributed by atoms with van der Waals surface area (Å²) < 4.78 is 6.00. The lowest BCUT2D eigenvalue weighted by Crippen LogP contribution is -2.42. The maximum absolute atomic E-state index is 13.5. The minimum atomic E-state index is -0.470. The van der Waals surface area contributed by atoms with Crippen molar-refractivity contribution < 1.29 is 19.1 Å². The number of rotatable bonds is 17. The Labute approximate surface area is 339 Å². The van der Waals surface area contributed by atoms with Crippen molar-refractivity contribution in [2.75, 3.05) is 51.1 Å². The molecule has 0 spiro atoms. The highest BCUT2D eigenvalue weighted by atomic mass is 16.6. The molecule has 296 valence electrons. The second-order valence-electron chi connectivity index (χ2n) is 14.2. The van der Waals surface area contributed by atoms with Crippen LogP contribution in [-0.4, -0.2) is 84.6 Å². The van der Waals surface area contributed by atoms with Crippen LogP contribution in [0.1, 0.15) is 39.4 Å². The first-order valence-electron chi connectivity index (χ1n) is 19.9. The monoisotopic (exact) mass is 775 g/mol. The number of carbonyl (C=O) groups excluding carboxylic acids is 3. The van der Waals surface area contributed by atoms with Crippen LogP contribution >= 0.6 is 0 Å². The van der Waals surface area contributed by atoms with Crippen LogP contribution in [0, 0.1) is 0 Å². The number of ketones is 1. The summed E-state index contributed by atoms with van der Waals surface area (Å²) in [6.45, 7) is 4.75. The number of nitrogens with zero attached hydrogens (tertiary/aromatic N) is 2. The number of amides is 2. The molecule has 1 fully saturated rings. The van der Waals surface area contributed by atoms with Gasteiger partial charge in [-0.25, -0.2) is 9.78 Å². The molecule has 5 aromatic carbocycles. The number of hydrogen-bond donors (Lipinski definition) is 5. The van der Waals surface area contributed by atoms with Gasteiger partial charge in [-0.3, -0.25) is 14.9 Å². The van der Waals surface area contributed by atoms with Crippen molar-refractivity contribution in [1.29, 1.82) is 0 Å². The van der Waals surface area contributed by atoms with Gasteiger partial charge < -0.3 is 30.6 Å². The third-order valence-electron chi connectivity index (χ3n) is 10.2. The normalized spacial score (nSPS) is 13.2. The Morgan fingerprint density at radius 3 is 2.12 bits per heavy atom. The van der Waals surface area contributed by atoms with Crippen molar-refractivity contribution >= 4 is 23.5 Å². The van der Waals surface area contributed by atoms with E-state index >= 15 is 0 Å². The summed E-state index contributed by atoms with van der Waals surface area (Å²) in [7, 11) is 0. The molecule has 1 aliphatic rings. The largest absolute Gasteiger partial charge is 0.446 e. The molecule has 6 aromatic rings. The predicted octanol–water partition coefficient (Wildman–Crippen LogP) is 7.42. The molecule has 58 heavy (non-hydrogen) atoms. The van der Waals surface area contributed by atoms with Crippen molar-refractivity contribution in [2.45, 2.75) is 25.5 Å². The van der Waals surface area contributed by atoms with Crippen molar-refractivity contribution in [3.8, 4) is 33.4 Å². The highest BCUT2D eigenvalue weighted by Crippen LogP contribution is 2.42. The number of hydrogen-bond acceptors (Lipinski definition) is 8. The molecular weight excluding hydrogens is 727 g/mol. The van der Waals surface area contributed by atoms with Gasteiger partial charge >= 0.3 is 6.09 Å². The topological polar surface area (TPSA) is 140 Å². The van der Waals surface area contributed by atoms with Crippen LogP contribution in [0.15, 0.2) is 140 Å². The number of nitrogens with one attached hydrogen (secondary N) is 5. The molecule has 11 nitrogen and oxygen atoms in total. The Morgan fingerprint density at radius 2 is 1.38 bits per heavy atom. The lowest BCUT2D eigenvalue weighted by Gasteiger charge is -2.31. The van der Waals surface area contributed by atoms with Gasteiger partial charge in [0.05, 0.1) is 18.8 Å². The SMILES string of the molecule is O=C(Nc1cccc(-c2ccccc2)c1-c1ccccc1-c1ccccc1)OC1CCN(CCNCC(=O)c2cccc(C(=O)NCCNCc3ncc[nH]3)c2)CC1. The van der Waals surface area contributed by atoms with E-state index in [1.807, 2.05) is 60.7 Å². The number of ether oxygens (including phenoxy) is 1. The third-order valence-corrected chi connectivity index (χ3v) is 10.2. The molecule has 1 saturated heterocycles. The van der Waals surface area contributed by atoms with Crippen LogP contribution in [0.5, 0.6) is 0 Å². The Kier molecular flexibility index (Phi) is 13.8. The summed E-state index contributed by atoms with van der Waals surface area (Å²) in [5.41, 5.74) is 7.83. The van der Waals surface area contributed by atoms with Gasteiger partial charge in [0.1, 0.15) is 11.9 Å². The average molecular weight is 776 g/mol. The Balaban J connectivity index is 0.872. The van der Waals surface area contributed by atoms with Gasteiger partial charge in [0, 0.05) is 68.4 Å². The van der Waals surface area contributed by atoms with Gasteiger partial charge in [0.15, 0.2) is 5.78 Å². The van der Waals surface area contributed by atoms with E-state index in [0.29, 0.717) is 43.0 Å². The van der Waals surface area contributed by atoms with Crippen LogP contribution in [0.4, 0.5) is 10.5 Å². The van der Waals surface area contributed by atoms with Crippen molar-refractivity contribution in [2.24, 2.45) is 0 Å². The van der Waals surface area contributed by atoms with Crippen LogP contribution in [-0.2, 0) is 11.3 Å². The second-order valence-corrected chi connectivity index (χ2v) is 14.2. The van der Waals surface area contributed by atoms with Gasteiger partial charge in [-0.05, 0) is 58.9 Å². The van der Waals surface area contributed by atoms with E-state index in [9.17, 15) is 14.4 Å². The number of Topliss-reactive ketones (excluding diaryl/α,β-unsaturated/α-hetero) is 1. The summed E-state index contributed by atoms with van der Waals surface area (Å²) in [5.74, 6) is 0.536. The highest BCUT2D eigenvalue weighted by Gasteiger charge is 2.24. The number of imidazole rings is 1. The van der Waals surface area contributed by atoms with E-state index in [0.717, 1.165) is 71.7 Å². The molecule has 11 heteroatoms. The van der Waals surface area contributed by atoms with E-state index < -0.39 is 6.09 Å². The highest BCUT2D eigenvalue weighted by molar-refractivity contribution is 6.02. The molecule has 2 amide bonds. The quantitative estimate of drug-likeness (QED) is 0.0477. The number of aromatic amines is 1. The molecule has 1 aromatic heterocycles. The number of benzene rings is 5. The minimum Gasteiger partial charge on any atom is -0.446 e. The zero-order valence-electron chi connectivity index (χ0n) is 32.5. The van der Waals surface area contributed by atoms with E-state index in [1.54, 1.807) is 36.7 Å². The van der Waals surface area contributed by atoms with Crippen LogP contribution < -0.4 is 21.3 Å². The van der Waals surface area contributed by atoms with Gasteiger partial charge in [-0.1, -0.05) is 109 Å². The first-order valence-corrected chi connectivity index (χ1v) is 19.9. The molecular formula is C47H49N7O4. The maximum Gasteiger partial charge on any atom is 0.411 e. The van der Waals surface area contributed by atoms with Crippen LogP contribution in [0.3, 0.4) is 0 Å². The molecule has 0 unspecified atom stereocenters. The van der Waals surface area contributed by atoms with Gasteiger partial charge in [0.25, 0.3) is 5.91 Å². The smallest absolute Gasteiger partial charge is 0.411 e. The van der Waals surface area contributed by atoms with Crippen LogP contribution in [0.25, 0.3) is 33.4 Å². The fourth-order valence-corrected chi connectivity index (χ4v) is 7.26. The number of H-pyrrole nitrogens is 1. The molecule has 0 atom stereocenters. The number of anilines is 1. The summed E-state index contributed by atoms with van der Waals surface area (Å²) in [6.07, 6.45) is 4.22. The van der Waals surface area contributed by atoms with E-state index in [-0.39, 0.29) is 24.3 Å². The second kappa shape index (κ2) is 20.1. The number of aromatic nitrogens is 2. The zero-order chi connectivity index (χ0) is 39.9. The average Bonchev–Trinajstić information content (AvgIpc) is 3.80.